The van der Waals surface area contributed by atoms with Gasteiger partial charge < -0.3 is 10.8 Å². The van der Waals surface area contributed by atoms with Gasteiger partial charge in [-0.15, -0.1) is 5.69 Å². The van der Waals surface area contributed by atoms with Crippen LogP contribution >= 0.6 is 0 Å². The van der Waals surface area contributed by atoms with E-state index in [0.29, 0.717) is 5.56 Å². The van der Waals surface area contributed by atoms with E-state index in [2.05, 4.69) is 0 Å². The van der Waals surface area contributed by atoms with Crippen LogP contribution in [0.5, 0.6) is 0 Å². The number of aliphatic hydroxyl groups excluding tert-OH is 1. The minimum absolute atomic E-state index is 0. The van der Waals surface area contributed by atoms with E-state index >= 15 is 0 Å². The Hall–Kier alpha value is 1.26. The first kappa shape index (κ1) is 17.7. The summed E-state index contributed by atoms with van der Waals surface area (Å²) in [7, 11) is 0. The van der Waals surface area contributed by atoms with Crippen molar-refractivity contribution >= 4 is 11.4 Å². The Bertz CT molecular complexity index is 320. The third-order valence-electron chi connectivity index (χ3n) is 1.47. The van der Waals surface area contributed by atoms with Crippen molar-refractivity contribution in [2.45, 2.75) is 6.61 Å². The summed E-state index contributed by atoms with van der Waals surface area (Å²) in [6, 6.07) is 3.76. The Morgan fingerprint density at radius 3 is 2.36 bits per heavy atom. The Labute approximate surface area is 153 Å². The smallest absolute Gasteiger partial charge is 0.268 e. The third-order valence-corrected chi connectivity index (χ3v) is 1.47. The number of benzene rings is 1. The van der Waals surface area contributed by atoms with Crippen LogP contribution in [0.2, 0.25) is 0 Å². The van der Waals surface area contributed by atoms with Crippen LogP contribution in [-0.2, 0) is 6.61 Å². The number of nitro groups is 1. The zero-order chi connectivity index (χ0) is 9.14. The van der Waals surface area contributed by atoms with Gasteiger partial charge in [-0.25, -0.2) is 0 Å². The first-order valence-electron chi connectivity index (χ1n) is 3.25. The second-order valence-corrected chi connectivity index (χ2v) is 2.26. The zero-order valence-corrected chi connectivity index (χ0v) is 16.8. The Morgan fingerprint density at radius 1 is 1.43 bits per heavy atom. The molecule has 0 unspecified atom stereocenters. The van der Waals surface area contributed by atoms with Gasteiger partial charge in [0, 0.05) is 100 Å². The molecule has 0 fully saturated rings. The molecule has 1 aromatic rings. The average Bonchev–Trinajstić information content (AvgIpc) is 2.04. The maximum atomic E-state index is 10.2. The van der Waals surface area contributed by atoms with E-state index in [1.807, 2.05) is 0 Å². The molecule has 0 aromatic heterocycles. The van der Waals surface area contributed by atoms with E-state index in [4.69, 9.17) is 10.8 Å². The molecule has 2 radical (unpaired) electrons. The van der Waals surface area contributed by atoms with Crippen molar-refractivity contribution in [3.63, 3.8) is 0 Å². The summed E-state index contributed by atoms with van der Waals surface area (Å²) in [4.78, 5) is 9.64. The molecule has 0 amide bonds. The van der Waals surface area contributed by atoms with Gasteiger partial charge in [-0.2, -0.15) is 0 Å². The van der Waals surface area contributed by atoms with Gasteiger partial charge in [-0.05, 0) is 5.56 Å². The molecule has 0 heterocycles. The van der Waals surface area contributed by atoms with Crippen LogP contribution < -0.4 is 0 Å². The topological polar surface area (TPSA) is 87.2 Å². The Kier molecular flexibility index (Phi) is 10.6. The molecule has 5 nitrogen and oxygen atoms in total. The van der Waals surface area contributed by atoms with Crippen molar-refractivity contribution in [2.24, 2.45) is 0 Å². The summed E-state index contributed by atoms with van der Waals surface area (Å²) < 4.78 is 0. The number of nitrogens with zero attached hydrogens (tertiary/aromatic N) is 1. The quantitative estimate of drug-likeness (QED) is 0.404. The second-order valence-electron chi connectivity index (χ2n) is 2.26. The first-order chi connectivity index (χ1) is 5.65. The SMILES string of the molecule is [Ac].[Ac].[NH-]c1cc([N+](=O)[O-])ccc1CO. The predicted octanol–water partition coefficient (Wildman–Crippen LogP) is 1.77. The molecule has 70 valence electrons. The molecular weight excluding hydrogens is 614 g/mol. The normalized spacial score (nSPS) is 8.36. The molecule has 0 bridgehead atoms. The summed E-state index contributed by atoms with van der Waals surface area (Å²) >= 11 is 0. The summed E-state index contributed by atoms with van der Waals surface area (Å²) in [5.74, 6) is 0. The molecule has 0 saturated carbocycles. The molecule has 1 rings (SSSR count). The second kappa shape index (κ2) is 8.42. The van der Waals surface area contributed by atoms with Gasteiger partial charge in [0.15, 0.2) is 0 Å². The number of aliphatic hydroxyl groups is 1. The summed E-state index contributed by atoms with van der Waals surface area (Å²) in [6.07, 6.45) is 0. The number of hydrogen-bond donors (Lipinski definition) is 1. The molecule has 0 spiro atoms. The predicted molar refractivity (Wildman–Crippen MR) is 43.0 cm³/mol. The van der Waals surface area contributed by atoms with Crippen LogP contribution in [0.25, 0.3) is 5.73 Å². The van der Waals surface area contributed by atoms with Crippen molar-refractivity contribution in [2.75, 3.05) is 0 Å². The van der Waals surface area contributed by atoms with Crippen LogP contribution in [-0.4, -0.2) is 10.0 Å². The molecule has 7 heteroatoms. The summed E-state index contributed by atoms with van der Waals surface area (Å²) in [5.41, 5.74) is 7.49. The van der Waals surface area contributed by atoms with Gasteiger partial charge in [-0.1, -0.05) is 6.07 Å². The van der Waals surface area contributed by atoms with E-state index in [9.17, 15) is 10.1 Å². The Morgan fingerprint density at radius 2 is 2.00 bits per heavy atom. The van der Waals surface area contributed by atoms with Gasteiger partial charge in [0.1, 0.15) is 0 Å². The number of non-ortho nitro benzene ring substituents is 1. The van der Waals surface area contributed by atoms with Crippen molar-refractivity contribution in [3.05, 3.63) is 39.6 Å². The fraction of sp³-hybridized carbons (Fsp3) is 0.143. The first-order valence-corrected chi connectivity index (χ1v) is 3.25. The van der Waals surface area contributed by atoms with Gasteiger partial charge in [0.05, 0.1) is 11.5 Å². The fourth-order valence-electron chi connectivity index (χ4n) is 0.816. The van der Waals surface area contributed by atoms with Crippen LogP contribution in [0.15, 0.2) is 18.2 Å². The largest absolute Gasteiger partial charge is 0.698 e. The fourth-order valence-corrected chi connectivity index (χ4v) is 0.816. The number of nitro benzene ring substituents is 1. The number of nitrogens with one attached hydrogen (secondary N) is 1. The molecule has 1 aromatic carbocycles. The van der Waals surface area contributed by atoms with Gasteiger partial charge in [-0.3, -0.25) is 10.1 Å². The molecule has 0 aliphatic carbocycles. The number of rotatable bonds is 2. The Balaban J connectivity index is 0. The van der Waals surface area contributed by atoms with Crippen LogP contribution in [0.1, 0.15) is 5.56 Å². The maximum Gasteiger partial charge on any atom is 0.268 e. The molecule has 0 aliphatic rings. The van der Waals surface area contributed by atoms with Crippen LogP contribution in [0, 0.1) is 98.2 Å². The zero-order valence-electron chi connectivity index (χ0n) is 7.30. The summed E-state index contributed by atoms with van der Waals surface area (Å²) in [5, 5.41) is 18.9. The third kappa shape index (κ3) is 4.86. The van der Waals surface area contributed by atoms with E-state index in [1.165, 1.54) is 12.1 Å². The van der Waals surface area contributed by atoms with E-state index in [0.717, 1.165) is 6.07 Å². The van der Waals surface area contributed by atoms with Gasteiger partial charge >= 0.3 is 0 Å². The van der Waals surface area contributed by atoms with Crippen molar-refractivity contribution in [3.8, 4) is 0 Å². The minimum Gasteiger partial charge on any atom is -0.698 e. The van der Waals surface area contributed by atoms with Crippen molar-refractivity contribution in [1.29, 1.82) is 0 Å². The van der Waals surface area contributed by atoms with Crippen molar-refractivity contribution < 1.29 is 98.2 Å². The van der Waals surface area contributed by atoms with Gasteiger partial charge in [0.25, 0.3) is 5.69 Å². The van der Waals surface area contributed by atoms with Crippen LogP contribution in [0.4, 0.5) is 11.4 Å². The molecule has 0 aliphatic heterocycles. The minimum atomic E-state index is -0.570. The standard InChI is InChI=1S/C7H7N2O3.2Ac/c8-7-3-6(9(11)12)2-1-5(7)4-10;;/h1-3,8,10H,4H2;;/q-1;;. The van der Waals surface area contributed by atoms with Crippen molar-refractivity contribution in [1.82, 2.24) is 0 Å². The monoisotopic (exact) mass is 621 g/mol. The molecule has 2 N–H and O–H groups in total. The van der Waals surface area contributed by atoms with E-state index in [-0.39, 0.29) is 106 Å². The van der Waals surface area contributed by atoms with E-state index in [1.54, 1.807) is 0 Å². The average molecular weight is 621 g/mol. The van der Waals surface area contributed by atoms with E-state index < -0.39 is 4.92 Å². The molecule has 0 atom stereocenters. The molecular formula is C7H7Ac2N2O3-. The summed E-state index contributed by atoms with van der Waals surface area (Å²) in [6.45, 7) is -0.267. The van der Waals surface area contributed by atoms with Crippen LogP contribution in [0.3, 0.4) is 0 Å². The number of hydrogen-bond acceptors (Lipinski definition) is 3. The molecule has 14 heavy (non-hydrogen) atoms. The van der Waals surface area contributed by atoms with Gasteiger partial charge in [0.2, 0.25) is 0 Å². The maximum absolute atomic E-state index is 10.2. The molecule has 0 saturated heterocycles.